The summed E-state index contributed by atoms with van der Waals surface area (Å²) in [5.74, 6) is 0.0346. The third kappa shape index (κ3) is 3.80. The smallest absolute Gasteiger partial charge is 0.218 e. The molecule has 18 heavy (non-hydrogen) atoms. The molecule has 0 amide bonds. The Kier molecular flexibility index (Phi) is 5.31. The van der Waals surface area contributed by atoms with E-state index < -0.39 is 10.0 Å². The molecular formula is C13H22N2O2S. The van der Waals surface area contributed by atoms with Crippen LogP contribution < -0.4 is 5.73 Å². The van der Waals surface area contributed by atoms with Crippen LogP contribution in [0.1, 0.15) is 31.9 Å². The normalized spacial score (nSPS) is 12.3. The second kappa shape index (κ2) is 6.31. The summed E-state index contributed by atoms with van der Waals surface area (Å²) in [6.07, 6.45) is 0. The van der Waals surface area contributed by atoms with E-state index in [-0.39, 0.29) is 11.8 Å². The summed E-state index contributed by atoms with van der Waals surface area (Å²) in [6.45, 7) is 6.55. The number of rotatable bonds is 6. The Morgan fingerprint density at radius 1 is 1.28 bits per heavy atom. The van der Waals surface area contributed by atoms with Crippen LogP contribution in [0.25, 0.3) is 0 Å². The summed E-state index contributed by atoms with van der Waals surface area (Å²) in [4.78, 5) is 0. The second-order valence-corrected chi connectivity index (χ2v) is 6.50. The minimum Gasteiger partial charge on any atom is -0.326 e. The van der Waals surface area contributed by atoms with Crippen molar-refractivity contribution in [2.45, 2.75) is 39.1 Å². The molecule has 2 N–H and O–H groups in total. The molecule has 1 aromatic carbocycles. The first-order valence-electron chi connectivity index (χ1n) is 6.18. The zero-order valence-electron chi connectivity index (χ0n) is 11.3. The first-order valence-corrected chi connectivity index (χ1v) is 7.79. The van der Waals surface area contributed by atoms with E-state index in [2.05, 4.69) is 0 Å². The van der Waals surface area contributed by atoms with Gasteiger partial charge in [0, 0.05) is 19.1 Å². The number of hydrogen-bond donors (Lipinski definition) is 1. The number of sulfonamides is 1. The van der Waals surface area contributed by atoms with Crippen LogP contribution in [0.5, 0.6) is 0 Å². The molecule has 0 aromatic heterocycles. The molecule has 1 aromatic rings. The predicted molar refractivity (Wildman–Crippen MR) is 74.5 cm³/mol. The topological polar surface area (TPSA) is 63.4 Å². The van der Waals surface area contributed by atoms with Crippen LogP contribution in [-0.4, -0.2) is 25.3 Å². The summed E-state index contributed by atoms with van der Waals surface area (Å²) in [5.41, 5.74) is 7.30. The molecule has 5 heteroatoms. The molecule has 0 bridgehead atoms. The average molecular weight is 270 g/mol. The lowest BCUT2D eigenvalue weighted by atomic mass is 10.1. The highest BCUT2D eigenvalue weighted by Crippen LogP contribution is 2.14. The van der Waals surface area contributed by atoms with E-state index in [0.29, 0.717) is 13.1 Å². The molecule has 102 valence electrons. The van der Waals surface area contributed by atoms with Gasteiger partial charge in [0.05, 0.1) is 5.75 Å². The van der Waals surface area contributed by atoms with Crippen molar-refractivity contribution in [3.8, 4) is 0 Å². The van der Waals surface area contributed by atoms with Crippen molar-refractivity contribution < 1.29 is 8.42 Å². The van der Waals surface area contributed by atoms with Gasteiger partial charge in [0.15, 0.2) is 0 Å². The Morgan fingerprint density at radius 2 is 1.89 bits per heavy atom. The van der Waals surface area contributed by atoms with Crippen LogP contribution in [0.2, 0.25) is 0 Å². The molecule has 0 aliphatic heterocycles. The standard InChI is InChI=1S/C13H22N2O2S/c1-4-15(11(2)3)18(16,17)10-13-7-5-6-12(8-13)9-14/h5-8,11H,4,9-10,14H2,1-3H3. The maximum Gasteiger partial charge on any atom is 0.218 e. The Hall–Kier alpha value is -0.910. The highest BCUT2D eigenvalue weighted by Gasteiger charge is 2.23. The zero-order valence-corrected chi connectivity index (χ0v) is 12.1. The molecule has 1 rings (SSSR count). The molecule has 0 saturated carbocycles. The van der Waals surface area contributed by atoms with E-state index in [1.807, 2.05) is 45.0 Å². The molecule has 4 nitrogen and oxygen atoms in total. The second-order valence-electron chi connectivity index (χ2n) is 4.58. The monoisotopic (exact) mass is 270 g/mol. The maximum atomic E-state index is 12.3. The van der Waals surface area contributed by atoms with Gasteiger partial charge in [-0.2, -0.15) is 4.31 Å². The Bertz CT molecular complexity index is 484. The number of nitrogens with two attached hydrogens (primary N) is 1. The van der Waals surface area contributed by atoms with Crippen LogP contribution in [0.4, 0.5) is 0 Å². The SMILES string of the molecule is CCN(C(C)C)S(=O)(=O)Cc1cccc(CN)c1. The van der Waals surface area contributed by atoms with Crippen molar-refractivity contribution >= 4 is 10.0 Å². The van der Waals surface area contributed by atoms with Gasteiger partial charge in [-0.1, -0.05) is 31.2 Å². The van der Waals surface area contributed by atoms with Gasteiger partial charge in [-0.15, -0.1) is 0 Å². The first-order chi connectivity index (χ1) is 8.40. The number of hydrogen-bond acceptors (Lipinski definition) is 3. The van der Waals surface area contributed by atoms with Crippen LogP contribution in [0.15, 0.2) is 24.3 Å². The van der Waals surface area contributed by atoms with Gasteiger partial charge >= 0.3 is 0 Å². The van der Waals surface area contributed by atoms with Crippen molar-refractivity contribution in [1.29, 1.82) is 0 Å². The fourth-order valence-electron chi connectivity index (χ4n) is 2.02. The van der Waals surface area contributed by atoms with E-state index >= 15 is 0 Å². The van der Waals surface area contributed by atoms with Crippen LogP contribution in [0.3, 0.4) is 0 Å². The number of nitrogens with zero attached hydrogens (tertiary/aromatic N) is 1. The lowest BCUT2D eigenvalue weighted by Crippen LogP contribution is -2.37. The molecular weight excluding hydrogens is 248 g/mol. The molecule has 0 saturated heterocycles. The van der Waals surface area contributed by atoms with Crippen molar-refractivity contribution in [2.75, 3.05) is 6.54 Å². The molecule has 0 atom stereocenters. The summed E-state index contributed by atoms with van der Waals surface area (Å²) in [7, 11) is -3.26. The van der Waals surface area contributed by atoms with Gasteiger partial charge in [0.1, 0.15) is 0 Å². The van der Waals surface area contributed by atoms with Gasteiger partial charge in [-0.05, 0) is 25.0 Å². The molecule has 0 aliphatic carbocycles. The third-order valence-electron chi connectivity index (χ3n) is 2.82. The fourth-order valence-corrected chi connectivity index (χ4v) is 3.83. The summed E-state index contributed by atoms with van der Waals surface area (Å²) < 4.78 is 26.0. The fraction of sp³-hybridized carbons (Fsp3) is 0.538. The van der Waals surface area contributed by atoms with Gasteiger partial charge in [-0.3, -0.25) is 0 Å². The number of benzene rings is 1. The van der Waals surface area contributed by atoms with E-state index in [1.165, 1.54) is 4.31 Å². The molecule has 0 fully saturated rings. The first kappa shape index (κ1) is 15.1. The quantitative estimate of drug-likeness (QED) is 0.856. The van der Waals surface area contributed by atoms with E-state index in [1.54, 1.807) is 0 Å². The van der Waals surface area contributed by atoms with Crippen molar-refractivity contribution in [2.24, 2.45) is 5.73 Å². The maximum absolute atomic E-state index is 12.3. The molecule has 0 spiro atoms. The van der Waals surface area contributed by atoms with Gasteiger partial charge in [0.2, 0.25) is 10.0 Å². The highest BCUT2D eigenvalue weighted by molar-refractivity contribution is 7.88. The summed E-state index contributed by atoms with van der Waals surface area (Å²) in [5, 5.41) is 0. The third-order valence-corrected chi connectivity index (χ3v) is 4.91. The Morgan fingerprint density at radius 3 is 2.39 bits per heavy atom. The van der Waals surface area contributed by atoms with Crippen molar-refractivity contribution in [3.05, 3.63) is 35.4 Å². The van der Waals surface area contributed by atoms with Crippen LogP contribution in [0, 0.1) is 0 Å². The van der Waals surface area contributed by atoms with Gasteiger partial charge in [-0.25, -0.2) is 8.42 Å². The van der Waals surface area contributed by atoms with Crippen molar-refractivity contribution in [3.63, 3.8) is 0 Å². The summed E-state index contributed by atoms with van der Waals surface area (Å²) in [6, 6.07) is 7.41. The zero-order chi connectivity index (χ0) is 13.8. The largest absolute Gasteiger partial charge is 0.326 e. The molecule has 0 heterocycles. The summed E-state index contributed by atoms with van der Waals surface area (Å²) >= 11 is 0. The van der Waals surface area contributed by atoms with Gasteiger partial charge < -0.3 is 5.73 Å². The van der Waals surface area contributed by atoms with E-state index in [4.69, 9.17) is 5.73 Å². The molecule has 0 radical (unpaired) electrons. The minimum absolute atomic E-state index is 0.0160. The molecule has 0 unspecified atom stereocenters. The van der Waals surface area contributed by atoms with Crippen LogP contribution in [-0.2, 0) is 22.3 Å². The van der Waals surface area contributed by atoms with E-state index in [9.17, 15) is 8.42 Å². The predicted octanol–water partition coefficient (Wildman–Crippen LogP) is 1.71. The lowest BCUT2D eigenvalue weighted by Gasteiger charge is -2.24. The average Bonchev–Trinajstić information content (AvgIpc) is 2.28. The highest BCUT2D eigenvalue weighted by atomic mass is 32.2. The Balaban J connectivity index is 2.94. The van der Waals surface area contributed by atoms with E-state index in [0.717, 1.165) is 11.1 Å². The lowest BCUT2D eigenvalue weighted by molar-refractivity contribution is 0.368. The van der Waals surface area contributed by atoms with Gasteiger partial charge in [0.25, 0.3) is 0 Å². The Labute approximate surface area is 110 Å². The molecule has 0 aliphatic rings. The van der Waals surface area contributed by atoms with Crippen molar-refractivity contribution in [1.82, 2.24) is 4.31 Å². The van der Waals surface area contributed by atoms with Crippen LogP contribution >= 0.6 is 0 Å². The minimum atomic E-state index is -3.26.